The molecule has 12 N–H and O–H groups in total. The number of nitriles is 1. The van der Waals surface area contributed by atoms with Crippen molar-refractivity contribution in [1.29, 1.82) is 5.26 Å². The Morgan fingerprint density at radius 1 is 1.56 bits per heavy atom. The maximum absolute atomic E-state index is 7.64. The molecular weight excluding hydrogens is 234 g/mol. The van der Waals surface area contributed by atoms with Crippen LogP contribution >= 0.6 is 0 Å². The molecule has 0 spiro atoms. The molecule has 0 bridgehead atoms. The highest BCUT2D eigenvalue weighted by molar-refractivity contribution is 5.76. The molecule has 1 heterocycles. The first-order valence-corrected chi connectivity index (χ1v) is 5.46. The summed E-state index contributed by atoms with van der Waals surface area (Å²) in [6.07, 6.45) is 3.44. The normalized spacial score (nSPS) is 22.8. The predicted octanol–water partition coefficient (Wildman–Crippen LogP) is -1.88. The van der Waals surface area contributed by atoms with Crippen molar-refractivity contribution in [3.63, 3.8) is 0 Å². The minimum atomic E-state index is -0.312. The number of hydrazine groups is 1. The maximum atomic E-state index is 7.64. The Bertz CT molecular complexity index is 276. The number of hydrogen-bond donors (Lipinski definition) is 6. The average molecular weight is 259 g/mol. The monoisotopic (exact) mass is 259 g/mol. The molecule has 0 aromatic rings. The molecule has 1 aliphatic heterocycles. The third-order valence-corrected chi connectivity index (χ3v) is 2.39. The number of nitrogens with one attached hydrogen (secondary N) is 1. The molecule has 1 unspecified atom stereocenters. The van der Waals surface area contributed by atoms with Gasteiger partial charge in [0.2, 0.25) is 12.2 Å². The summed E-state index contributed by atoms with van der Waals surface area (Å²) in [6, 6.07) is 0. The highest BCUT2D eigenvalue weighted by Crippen LogP contribution is 2.13. The zero-order valence-corrected chi connectivity index (χ0v) is 10.9. The second-order valence-electron chi connectivity index (χ2n) is 3.86. The van der Waals surface area contributed by atoms with E-state index in [9.17, 15) is 0 Å². The number of nitrogens with two attached hydrogens (primary N) is 4. The molecule has 9 heteroatoms. The van der Waals surface area contributed by atoms with Gasteiger partial charge in [-0.15, -0.1) is 4.99 Å². The predicted molar refractivity (Wildman–Crippen MR) is 72.0 cm³/mol. The van der Waals surface area contributed by atoms with Crippen molar-refractivity contribution in [2.24, 2.45) is 28.0 Å². The molecule has 1 fully saturated rings. The molecule has 0 saturated carbocycles. The first-order valence-electron chi connectivity index (χ1n) is 5.46. The summed E-state index contributed by atoms with van der Waals surface area (Å²) in [4.78, 5) is 2.90. The van der Waals surface area contributed by atoms with Crippen LogP contribution in [0.4, 0.5) is 0 Å². The lowest BCUT2D eigenvalue weighted by Crippen LogP contribution is -2.68. The lowest BCUT2D eigenvalue weighted by molar-refractivity contribution is 0.0562. The van der Waals surface area contributed by atoms with Gasteiger partial charge in [-0.3, -0.25) is 5.84 Å². The van der Waals surface area contributed by atoms with Crippen LogP contribution in [0.2, 0.25) is 0 Å². The smallest absolute Gasteiger partial charge is 0.209 e. The van der Waals surface area contributed by atoms with E-state index in [-0.39, 0.29) is 17.8 Å². The number of guanidine groups is 1. The third kappa shape index (κ3) is 7.00. The van der Waals surface area contributed by atoms with Gasteiger partial charge in [-0.1, -0.05) is 13.3 Å². The van der Waals surface area contributed by atoms with Crippen molar-refractivity contribution in [3.05, 3.63) is 0 Å². The van der Waals surface area contributed by atoms with Gasteiger partial charge in [0, 0.05) is 19.6 Å². The minimum Gasteiger partial charge on any atom is -0.369 e. The summed E-state index contributed by atoms with van der Waals surface area (Å²) in [5.41, 5.74) is 15.2. The van der Waals surface area contributed by atoms with Crippen LogP contribution in [0.25, 0.3) is 0 Å². The third-order valence-electron chi connectivity index (χ3n) is 2.39. The quantitative estimate of drug-likeness (QED) is 0.144. The molecule has 1 atom stereocenters. The summed E-state index contributed by atoms with van der Waals surface area (Å²) in [5, 5.41) is 12.6. The van der Waals surface area contributed by atoms with E-state index < -0.39 is 0 Å². The van der Waals surface area contributed by atoms with E-state index in [0.717, 1.165) is 32.5 Å². The van der Waals surface area contributed by atoms with Crippen LogP contribution in [0, 0.1) is 11.5 Å². The van der Waals surface area contributed by atoms with E-state index in [0.29, 0.717) is 0 Å². The van der Waals surface area contributed by atoms with Gasteiger partial charge in [0.25, 0.3) is 0 Å². The highest BCUT2D eigenvalue weighted by atomic mass is 15.5. The lowest BCUT2D eigenvalue weighted by atomic mass is 10.0. The molecule has 9 nitrogen and oxygen atoms in total. The number of nitrogens with zero attached hydrogens (tertiary/aromatic N) is 3. The van der Waals surface area contributed by atoms with Gasteiger partial charge < -0.3 is 28.7 Å². The fraction of sp³-hybridized carbons (Fsp3) is 0.778. The largest absolute Gasteiger partial charge is 0.369 e. The molecule has 1 aliphatic rings. The standard InChI is InChI=1S/C7H18N4.C2H4N4.H3N/c1-2-3-7(8)6-10-4-5-11(7)9;3-1-6-2(4)5;/h10H,2-6,8-9H2,1H3;(H4,4,5,6);1H3. The summed E-state index contributed by atoms with van der Waals surface area (Å²) in [6.45, 7) is 4.71. The summed E-state index contributed by atoms with van der Waals surface area (Å²) < 4.78 is 0. The van der Waals surface area contributed by atoms with E-state index in [4.69, 9.17) is 28.3 Å². The topological polar surface area (TPSA) is 190 Å². The Hall–Kier alpha value is -1.44. The van der Waals surface area contributed by atoms with E-state index in [1.807, 2.05) is 0 Å². The average Bonchev–Trinajstić information content (AvgIpc) is 2.24. The zero-order valence-electron chi connectivity index (χ0n) is 10.9. The number of aliphatic imine (C=N–C) groups is 1. The van der Waals surface area contributed by atoms with Crippen LogP contribution < -0.4 is 34.5 Å². The van der Waals surface area contributed by atoms with Gasteiger partial charge in [-0.25, -0.2) is 5.01 Å². The SMILES string of the molecule is CCCC1(N)CNCCN1N.N.N#CN=C(N)N. The summed E-state index contributed by atoms with van der Waals surface area (Å²) in [5.74, 6) is 5.57. The first kappa shape index (κ1) is 18.9. The molecular formula is C9H25N9. The Balaban J connectivity index is 0. The van der Waals surface area contributed by atoms with Gasteiger partial charge in [0.15, 0.2) is 0 Å². The summed E-state index contributed by atoms with van der Waals surface area (Å²) in [7, 11) is 0. The second kappa shape index (κ2) is 9.58. The van der Waals surface area contributed by atoms with Crippen LogP contribution in [0.5, 0.6) is 0 Å². The van der Waals surface area contributed by atoms with Gasteiger partial charge in [-0.05, 0) is 6.42 Å². The van der Waals surface area contributed by atoms with Crippen molar-refractivity contribution in [2.75, 3.05) is 19.6 Å². The molecule has 18 heavy (non-hydrogen) atoms. The molecule has 106 valence electrons. The van der Waals surface area contributed by atoms with E-state index in [1.165, 1.54) is 6.19 Å². The fourth-order valence-corrected chi connectivity index (χ4v) is 1.55. The van der Waals surface area contributed by atoms with E-state index in [2.05, 4.69) is 17.2 Å². The van der Waals surface area contributed by atoms with Crippen molar-refractivity contribution in [2.45, 2.75) is 25.4 Å². The van der Waals surface area contributed by atoms with Crippen molar-refractivity contribution in [1.82, 2.24) is 16.5 Å². The molecule has 0 radical (unpaired) electrons. The first-order chi connectivity index (χ1) is 7.96. The Labute approximate surface area is 108 Å². The molecule has 0 aromatic carbocycles. The molecule has 1 rings (SSSR count). The molecule has 0 amide bonds. The van der Waals surface area contributed by atoms with Gasteiger partial charge >= 0.3 is 0 Å². The molecule has 0 aromatic heterocycles. The number of piperazine rings is 1. The highest BCUT2D eigenvalue weighted by Gasteiger charge is 2.31. The van der Waals surface area contributed by atoms with Crippen molar-refractivity contribution >= 4 is 5.96 Å². The van der Waals surface area contributed by atoms with Crippen LogP contribution in [-0.2, 0) is 0 Å². The summed E-state index contributed by atoms with van der Waals surface area (Å²) >= 11 is 0. The second-order valence-corrected chi connectivity index (χ2v) is 3.86. The fourth-order valence-electron chi connectivity index (χ4n) is 1.55. The van der Waals surface area contributed by atoms with Gasteiger partial charge in [0.05, 0.1) is 5.66 Å². The minimum absolute atomic E-state index is 0. The van der Waals surface area contributed by atoms with E-state index in [1.54, 1.807) is 5.01 Å². The molecule has 0 aliphatic carbocycles. The van der Waals surface area contributed by atoms with Crippen LogP contribution in [0.15, 0.2) is 4.99 Å². The molecule has 1 saturated heterocycles. The maximum Gasteiger partial charge on any atom is 0.209 e. The number of rotatable bonds is 2. The lowest BCUT2D eigenvalue weighted by Gasteiger charge is -2.41. The zero-order chi connectivity index (χ0) is 13.3. The van der Waals surface area contributed by atoms with Crippen molar-refractivity contribution < 1.29 is 0 Å². The van der Waals surface area contributed by atoms with Crippen LogP contribution in [0.1, 0.15) is 19.8 Å². The Morgan fingerprint density at radius 2 is 2.17 bits per heavy atom. The van der Waals surface area contributed by atoms with Crippen LogP contribution in [0.3, 0.4) is 0 Å². The Morgan fingerprint density at radius 3 is 2.50 bits per heavy atom. The van der Waals surface area contributed by atoms with Gasteiger partial charge in [-0.2, -0.15) is 5.26 Å². The van der Waals surface area contributed by atoms with E-state index >= 15 is 0 Å². The van der Waals surface area contributed by atoms with Crippen LogP contribution in [-0.4, -0.2) is 36.3 Å². The Kier molecular flexibility index (Phi) is 10.1. The number of hydrogen-bond acceptors (Lipinski definition) is 7. The van der Waals surface area contributed by atoms with Gasteiger partial charge in [0.1, 0.15) is 0 Å². The van der Waals surface area contributed by atoms with Crippen molar-refractivity contribution in [3.8, 4) is 6.19 Å².